The van der Waals surface area contributed by atoms with Crippen molar-refractivity contribution in [1.82, 2.24) is 19.8 Å². The second-order valence-corrected chi connectivity index (χ2v) is 7.41. The van der Waals surface area contributed by atoms with E-state index in [9.17, 15) is 4.79 Å². The smallest absolute Gasteiger partial charge is 0.322 e. The van der Waals surface area contributed by atoms with Crippen molar-refractivity contribution in [2.45, 2.75) is 6.54 Å². The van der Waals surface area contributed by atoms with Gasteiger partial charge in [0.2, 0.25) is 0 Å². The van der Waals surface area contributed by atoms with E-state index in [2.05, 4.69) is 51.3 Å². The summed E-state index contributed by atoms with van der Waals surface area (Å²) in [5.41, 5.74) is 2.97. The van der Waals surface area contributed by atoms with Crippen molar-refractivity contribution in [3.05, 3.63) is 54.4 Å². The summed E-state index contributed by atoms with van der Waals surface area (Å²) < 4.78 is 0. The first kappa shape index (κ1) is 18.3. The summed E-state index contributed by atoms with van der Waals surface area (Å²) in [6.07, 6.45) is 3.82. The number of nitrogens with zero attached hydrogens (tertiary/aromatic N) is 4. The number of carbonyl (C=O) groups excluding carboxylic acids is 1. The van der Waals surface area contributed by atoms with Gasteiger partial charge in [-0.15, -0.1) is 0 Å². The van der Waals surface area contributed by atoms with E-state index in [-0.39, 0.29) is 6.03 Å². The molecule has 3 heterocycles. The van der Waals surface area contributed by atoms with Crippen molar-refractivity contribution in [1.29, 1.82) is 0 Å². The molecule has 2 amide bonds. The molecular formula is C21H26N6O. The molecule has 0 radical (unpaired) electrons. The highest BCUT2D eigenvalue weighted by molar-refractivity contribution is 5.99. The number of amides is 2. The van der Waals surface area contributed by atoms with Crippen LogP contribution in [0.25, 0.3) is 10.9 Å². The van der Waals surface area contributed by atoms with Crippen LogP contribution >= 0.6 is 0 Å². The molecule has 0 atom stereocenters. The van der Waals surface area contributed by atoms with Crippen LogP contribution in [0.5, 0.6) is 0 Å². The van der Waals surface area contributed by atoms with Crippen molar-refractivity contribution in [2.24, 2.45) is 0 Å². The SMILES string of the molecule is CN(C)Cc1ccc(N2CCN(C(=O)Nc3cccc4cc[nH]c34)CC2)nc1. The third kappa shape index (κ3) is 3.94. The first-order valence-corrected chi connectivity index (χ1v) is 9.57. The van der Waals surface area contributed by atoms with Crippen LogP contribution < -0.4 is 10.2 Å². The number of urea groups is 1. The molecular weight excluding hydrogens is 352 g/mol. The Bertz CT molecular complexity index is 941. The molecule has 1 aliphatic rings. The minimum atomic E-state index is -0.0592. The number of carbonyl (C=O) groups is 1. The van der Waals surface area contributed by atoms with E-state index in [1.165, 1.54) is 5.56 Å². The number of aromatic nitrogens is 2. The number of fused-ring (bicyclic) bond motifs is 1. The van der Waals surface area contributed by atoms with Crippen LogP contribution in [0.15, 0.2) is 48.8 Å². The lowest BCUT2D eigenvalue weighted by Gasteiger charge is -2.35. The van der Waals surface area contributed by atoms with Crippen molar-refractivity contribution >= 4 is 28.4 Å². The Balaban J connectivity index is 1.34. The molecule has 1 aliphatic heterocycles. The molecule has 1 aromatic carbocycles. The normalized spacial score (nSPS) is 14.7. The number of rotatable bonds is 4. The molecule has 4 rings (SSSR count). The molecule has 3 aromatic rings. The van der Waals surface area contributed by atoms with Gasteiger partial charge in [0.05, 0.1) is 11.2 Å². The van der Waals surface area contributed by atoms with Gasteiger partial charge in [-0.3, -0.25) is 0 Å². The largest absolute Gasteiger partial charge is 0.359 e. The highest BCUT2D eigenvalue weighted by Gasteiger charge is 2.22. The van der Waals surface area contributed by atoms with Crippen molar-refractivity contribution in [3.63, 3.8) is 0 Å². The van der Waals surface area contributed by atoms with Crippen molar-refractivity contribution < 1.29 is 4.79 Å². The van der Waals surface area contributed by atoms with E-state index in [0.717, 1.165) is 42.0 Å². The number of pyridine rings is 1. The maximum atomic E-state index is 12.7. The zero-order valence-corrected chi connectivity index (χ0v) is 16.4. The zero-order chi connectivity index (χ0) is 19.5. The molecule has 0 unspecified atom stereocenters. The van der Waals surface area contributed by atoms with Crippen molar-refractivity contribution in [2.75, 3.05) is 50.5 Å². The molecule has 0 aliphatic carbocycles. The molecule has 146 valence electrons. The lowest BCUT2D eigenvalue weighted by Crippen LogP contribution is -2.50. The Morgan fingerprint density at radius 2 is 1.96 bits per heavy atom. The minimum absolute atomic E-state index is 0.0592. The maximum Gasteiger partial charge on any atom is 0.322 e. The molecule has 7 nitrogen and oxygen atoms in total. The number of aromatic amines is 1. The van der Waals surface area contributed by atoms with Crippen LogP contribution in [0.3, 0.4) is 0 Å². The van der Waals surface area contributed by atoms with Gasteiger partial charge >= 0.3 is 6.03 Å². The molecule has 0 saturated carbocycles. The Kier molecular flexibility index (Phi) is 5.16. The van der Waals surface area contributed by atoms with E-state index in [1.54, 1.807) is 0 Å². The quantitative estimate of drug-likeness (QED) is 0.732. The fraction of sp³-hybridized carbons (Fsp3) is 0.333. The summed E-state index contributed by atoms with van der Waals surface area (Å²) in [7, 11) is 4.10. The monoisotopic (exact) mass is 378 g/mol. The fourth-order valence-corrected chi connectivity index (χ4v) is 3.58. The fourth-order valence-electron chi connectivity index (χ4n) is 3.58. The summed E-state index contributed by atoms with van der Waals surface area (Å²) in [5.74, 6) is 0.971. The number of hydrogen-bond donors (Lipinski definition) is 2. The topological polar surface area (TPSA) is 67.5 Å². The number of piperazine rings is 1. The molecule has 7 heteroatoms. The molecule has 0 bridgehead atoms. The molecule has 1 fully saturated rings. The van der Waals surface area contributed by atoms with E-state index >= 15 is 0 Å². The minimum Gasteiger partial charge on any atom is -0.359 e. The third-order valence-corrected chi connectivity index (χ3v) is 5.03. The predicted octanol–water partition coefficient (Wildman–Crippen LogP) is 2.98. The second kappa shape index (κ2) is 7.90. The number of nitrogens with one attached hydrogen (secondary N) is 2. The molecule has 28 heavy (non-hydrogen) atoms. The van der Waals surface area contributed by atoms with E-state index in [0.29, 0.717) is 13.1 Å². The van der Waals surface area contributed by atoms with Crippen LogP contribution in [0.1, 0.15) is 5.56 Å². The Morgan fingerprint density at radius 3 is 2.68 bits per heavy atom. The summed E-state index contributed by atoms with van der Waals surface area (Å²) in [4.78, 5) is 26.7. The molecule has 2 aromatic heterocycles. The van der Waals surface area contributed by atoms with Crippen LogP contribution in [-0.4, -0.2) is 66.1 Å². The molecule has 1 saturated heterocycles. The average molecular weight is 378 g/mol. The van der Waals surface area contributed by atoms with Gasteiger partial charge < -0.3 is 25.0 Å². The lowest BCUT2D eigenvalue weighted by atomic mass is 10.2. The first-order valence-electron chi connectivity index (χ1n) is 9.57. The summed E-state index contributed by atoms with van der Waals surface area (Å²) in [6, 6.07) is 12.0. The number of H-pyrrole nitrogens is 1. The lowest BCUT2D eigenvalue weighted by molar-refractivity contribution is 0.208. The maximum absolute atomic E-state index is 12.7. The first-order chi connectivity index (χ1) is 13.6. The van der Waals surface area contributed by atoms with Gasteiger partial charge in [-0.05, 0) is 37.9 Å². The number of anilines is 2. The van der Waals surface area contributed by atoms with Crippen molar-refractivity contribution in [3.8, 4) is 0 Å². The van der Waals surface area contributed by atoms with Gasteiger partial charge in [0.1, 0.15) is 5.82 Å². The molecule has 0 spiro atoms. The molecule has 2 N–H and O–H groups in total. The number of para-hydroxylation sites is 1. The Hall–Kier alpha value is -3.06. The van der Waals surface area contributed by atoms with Crippen LogP contribution in [0.2, 0.25) is 0 Å². The van der Waals surface area contributed by atoms with Gasteiger partial charge in [0.15, 0.2) is 0 Å². The van der Waals surface area contributed by atoms with E-state index < -0.39 is 0 Å². The van der Waals surface area contributed by atoms with Gasteiger partial charge in [-0.25, -0.2) is 9.78 Å². The highest BCUT2D eigenvalue weighted by Crippen LogP contribution is 2.22. The second-order valence-electron chi connectivity index (χ2n) is 7.41. The predicted molar refractivity (Wildman–Crippen MR) is 113 cm³/mol. The Labute approximate surface area is 165 Å². The van der Waals surface area contributed by atoms with Gasteiger partial charge in [-0.1, -0.05) is 18.2 Å². The zero-order valence-electron chi connectivity index (χ0n) is 16.4. The number of benzene rings is 1. The van der Waals surface area contributed by atoms with E-state index in [1.807, 2.05) is 41.6 Å². The van der Waals surface area contributed by atoms with Gasteiger partial charge in [0, 0.05) is 50.5 Å². The summed E-state index contributed by atoms with van der Waals surface area (Å²) >= 11 is 0. The van der Waals surface area contributed by atoms with Crippen LogP contribution in [-0.2, 0) is 6.54 Å². The van der Waals surface area contributed by atoms with E-state index in [4.69, 9.17) is 0 Å². The highest BCUT2D eigenvalue weighted by atomic mass is 16.2. The van der Waals surface area contributed by atoms with Gasteiger partial charge in [0.25, 0.3) is 0 Å². The average Bonchev–Trinajstić information content (AvgIpc) is 3.18. The third-order valence-electron chi connectivity index (χ3n) is 5.03. The van der Waals surface area contributed by atoms with Gasteiger partial charge in [-0.2, -0.15) is 0 Å². The van der Waals surface area contributed by atoms with Crippen LogP contribution in [0.4, 0.5) is 16.3 Å². The van der Waals surface area contributed by atoms with Crippen LogP contribution in [0, 0.1) is 0 Å². The standard InChI is InChI=1S/C21H26N6O/c1-25(2)15-16-6-7-19(23-14-16)26-10-12-27(13-11-26)21(28)24-18-5-3-4-17-8-9-22-20(17)18/h3-9,14,22H,10-13,15H2,1-2H3,(H,24,28). The summed E-state index contributed by atoms with van der Waals surface area (Å²) in [5, 5.41) is 4.13. The summed E-state index contributed by atoms with van der Waals surface area (Å²) in [6.45, 7) is 3.79. The Morgan fingerprint density at radius 1 is 1.14 bits per heavy atom. The number of hydrogen-bond acceptors (Lipinski definition) is 4.